The molecule has 4 aromatic rings. The maximum atomic E-state index is 13.1. The highest BCUT2D eigenvalue weighted by Gasteiger charge is 2.32. The number of rotatable bonds is 4. The minimum absolute atomic E-state index is 0.142. The van der Waals surface area contributed by atoms with Crippen LogP contribution in [0, 0.1) is 5.21 Å². The third kappa shape index (κ3) is 4.11. The number of nitrogens with zero attached hydrogens (tertiary/aromatic N) is 4. The molecule has 0 radical (unpaired) electrons. The number of carbonyl (C=O) groups is 1. The van der Waals surface area contributed by atoms with E-state index < -0.39 is 10.0 Å². The van der Waals surface area contributed by atoms with E-state index in [1.165, 1.54) is 10.5 Å². The van der Waals surface area contributed by atoms with Gasteiger partial charge in [-0.2, -0.15) is 9.04 Å². The van der Waals surface area contributed by atoms with E-state index in [1.807, 2.05) is 0 Å². The molecule has 0 bridgehead atoms. The number of amides is 1. The van der Waals surface area contributed by atoms with Gasteiger partial charge in [-0.05, 0) is 48.5 Å². The highest BCUT2D eigenvalue weighted by atomic mass is 35.5. The van der Waals surface area contributed by atoms with E-state index in [9.17, 15) is 18.4 Å². The van der Waals surface area contributed by atoms with Crippen LogP contribution >= 0.6 is 11.6 Å². The third-order valence-electron chi connectivity index (χ3n) is 5.78. The molecule has 3 heterocycles. The first kappa shape index (κ1) is 22.3. The molecule has 174 valence electrons. The van der Waals surface area contributed by atoms with Crippen LogP contribution in [0.4, 0.5) is 0 Å². The number of H-pyrrole nitrogens is 1. The van der Waals surface area contributed by atoms with Crippen LogP contribution in [0.2, 0.25) is 5.02 Å². The van der Waals surface area contributed by atoms with Crippen molar-refractivity contribution in [3.05, 3.63) is 82.7 Å². The van der Waals surface area contributed by atoms with Gasteiger partial charge in [0, 0.05) is 54.5 Å². The SMILES string of the molecule is O=C(c1ccc(-c2cccc[n+]2[O-])cc1)N1CCN(S(=O)(=O)c2nc3ccc(Cl)cc3[nH]2)CC1. The molecule has 2 aromatic heterocycles. The fourth-order valence-electron chi connectivity index (χ4n) is 3.95. The molecule has 0 aliphatic carbocycles. The molecule has 1 aliphatic rings. The van der Waals surface area contributed by atoms with E-state index in [2.05, 4.69) is 9.97 Å². The number of benzene rings is 2. The van der Waals surface area contributed by atoms with Gasteiger partial charge >= 0.3 is 0 Å². The maximum absolute atomic E-state index is 13.1. The van der Waals surface area contributed by atoms with E-state index >= 15 is 0 Å². The van der Waals surface area contributed by atoms with E-state index in [0.29, 0.717) is 32.9 Å². The monoisotopic (exact) mass is 497 g/mol. The number of fused-ring (bicyclic) bond motifs is 1. The number of piperazine rings is 1. The van der Waals surface area contributed by atoms with Crippen LogP contribution in [0.25, 0.3) is 22.3 Å². The Morgan fingerprint density at radius 1 is 1.03 bits per heavy atom. The number of nitrogens with one attached hydrogen (secondary N) is 1. The van der Waals surface area contributed by atoms with Crippen molar-refractivity contribution >= 4 is 38.6 Å². The van der Waals surface area contributed by atoms with Crippen molar-refractivity contribution in [3.8, 4) is 11.3 Å². The second-order valence-corrected chi connectivity index (χ2v) is 10.2. The summed E-state index contributed by atoms with van der Waals surface area (Å²) in [6.45, 7) is 0.824. The summed E-state index contributed by atoms with van der Waals surface area (Å²) in [5.74, 6) is -0.190. The zero-order valence-electron chi connectivity index (χ0n) is 17.9. The normalized spacial score (nSPS) is 15.0. The van der Waals surface area contributed by atoms with Gasteiger partial charge in [-0.1, -0.05) is 11.6 Å². The predicted octanol–water partition coefficient (Wildman–Crippen LogP) is 2.66. The minimum Gasteiger partial charge on any atom is -0.618 e. The van der Waals surface area contributed by atoms with Crippen molar-refractivity contribution in [2.75, 3.05) is 26.2 Å². The molecule has 1 fully saturated rings. The van der Waals surface area contributed by atoms with Crippen LogP contribution in [-0.2, 0) is 10.0 Å². The van der Waals surface area contributed by atoms with Crippen LogP contribution in [0.1, 0.15) is 10.4 Å². The van der Waals surface area contributed by atoms with E-state index in [1.54, 1.807) is 65.6 Å². The molecule has 0 unspecified atom stereocenters. The van der Waals surface area contributed by atoms with Crippen LogP contribution < -0.4 is 4.73 Å². The molecule has 11 heteroatoms. The van der Waals surface area contributed by atoms with Crippen molar-refractivity contribution in [2.24, 2.45) is 0 Å². The molecule has 0 atom stereocenters. The van der Waals surface area contributed by atoms with Gasteiger partial charge in [-0.15, -0.1) is 0 Å². The molecule has 1 aliphatic heterocycles. The lowest BCUT2D eigenvalue weighted by molar-refractivity contribution is -0.593. The Labute approximate surface area is 200 Å². The predicted molar refractivity (Wildman–Crippen MR) is 127 cm³/mol. The highest BCUT2D eigenvalue weighted by molar-refractivity contribution is 7.89. The van der Waals surface area contributed by atoms with Crippen molar-refractivity contribution in [1.82, 2.24) is 19.2 Å². The Balaban J connectivity index is 1.27. The van der Waals surface area contributed by atoms with Gasteiger partial charge in [0.25, 0.3) is 15.9 Å². The molecule has 34 heavy (non-hydrogen) atoms. The van der Waals surface area contributed by atoms with Crippen molar-refractivity contribution < 1.29 is 17.9 Å². The van der Waals surface area contributed by atoms with Crippen LogP contribution in [0.15, 0.2) is 72.0 Å². The molecular weight excluding hydrogens is 478 g/mol. The van der Waals surface area contributed by atoms with E-state index in [4.69, 9.17) is 11.6 Å². The number of carbonyl (C=O) groups excluding carboxylic acids is 1. The Morgan fingerprint density at radius 2 is 1.76 bits per heavy atom. The second kappa shape index (κ2) is 8.71. The summed E-state index contributed by atoms with van der Waals surface area (Å²) >= 11 is 5.97. The van der Waals surface area contributed by atoms with Gasteiger partial charge in [0.05, 0.1) is 11.0 Å². The van der Waals surface area contributed by atoms with Gasteiger partial charge in [-0.3, -0.25) is 4.79 Å². The molecule has 1 N–H and O–H groups in total. The zero-order valence-corrected chi connectivity index (χ0v) is 19.5. The van der Waals surface area contributed by atoms with E-state index in [-0.39, 0.29) is 37.2 Å². The second-order valence-electron chi connectivity index (χ2n) is 7.89. The Kier molecular flexibility index (Phi) is 5.72. The van der Waals surface area contributed by atoms with Crippen molar-refractivity contribution in [3.63, 3.8) is 0 Å². The molecule has 9 nitrogen and oxygen atoms in total. The number of aromatic amines is 1. The lowest BCUT2D eigenvalue weighted by Gasteiger charge is -2.33. The third-order valence-corrected chi connectivity index (χ3v) is 7.75. The molecule has 1 amide bonds. The number of sulfonamides is 1. The summed E-state index contributed by atoms with van der Waals surface area (Å²) in [6, 6.07) is 16.9. The van der Waals surface area contributed by atoms with Gasteiger partial charge in [0.2, 0.25) is 10.9 Å². The van der Waals surface area contributed by atoms with Crippen LogP contribution in [0.3, 0.4) is 0 Å². The summed E-state index contributed by atoms with van der Waals surface area (Å²) in [5, 5.41) is 12.3. The summed E-state index contributed by atoms with van der Waals surface area (Å²) in [4.78, 5) is 21.6. The molecule has 2 aromatic carbocycles. The smallest absolute Gasteiger partial charge is 0.276 e. The van der Waals surface area contributed by atoms with Crippen molar-refractivity contribution in [1.29, 1.82) is 0 Å². The number of aromatic nitrogens is 3. The molecule has 0 saturated carbocycles. The first-order valence-corrected chi connectivity index (χ1v) is 12.4. The van der Waals surface area contributed by atoms with E-state index in [0.717, 1.165) is 4.73 Å². The minimum atomic E-state index is -3.84. The number of hydrogen-bond donors (Lipinski definition) is 1. The Morgan fingerprint density at radius 3 is 2.47 bits per heavy atom. The maximum Gasteiger partial charge on any atom is 0.276 e. The molecule has 1 saturated heterocycles. The molecule has 0 spiro atoms. The number of imidazole rings is 1. The fraction of sp³-hybridized carbons (Fsp3) is 0.174. The van der Waals surface area contributed by atoms with Gasteiger partial charge in [0.15, 0.2) is 6.20 Å². The lowest BCUT2D eigenvalue weighted by Crippen LogP contribution is -2.50. The summed E-state index contributed by atoms with van der Waals surface area (Å²) in [5.41, 5.74) is 2.73. The zero-order chi connectivity index (χ0) is 23.9. The topological polar surface area (TPSA) is 113 Å². The lowest BCUT2D eigenvalue weighted by atomic mass is 10.1. The number of pyridine rings is 1. The number of halogens is 1. The summed E-state index contributed by atoms with van der Waals surface area (Å²) < 4.78 is 28.2. The average Bonchev–Trinajstić information content (AvgIpc) is 3.28. The highest BCUT2D eigenvalue weighted by Crippen LogP contribution is 2.23. The van der Waals surface area contributed by atoms with Crippen LogP contribution in [-0.4, -0.2) is 59.7 Å². The first-order valence-electron chi connectivity index (χ1n) is 10.6. The van der Waals surface area contributed by atoms with Gasteiger partial charge < -0.3 is 15.1 Å². The largest absolute Gasteiger partial charge is 0.618 e. The summed E-state index contributed by atoms with van der Waals surface area (Å²) in [6.07, 6.45) is 1.42. The summed E-state index contributed by atoms with van der Waals surface area (Å²) in [7, 11) is -3.84. The Bertz CT molecular complexity index is 1480. The quantitative estimate of drug-likeness (QED) is 0.344. The first-order chi connectivity index (χ1) is 16.3. The van der Waals surface area contributed by atoms with Gasteiger partial charge in [-0.25, -0.2) is 13.4 Å². The standard InChI is InChI=1S/C23H20ClN5O4S/c24-18-8-9-19-20(15-18)26-23(25-19)34(32,33)28-13-11-27(12-14-28)22(30)17-6-4-16(5-7-17)21-3-1-2-10-29(21)31/h1-10,15H,11-14H2,(H,25,26). The van der Waals surface area contributed by atoms with Gasteiger partial charge in [0.1, 0.15) is 0 Å². The average molecular weight is 498 g/mol. The molecular formula is C23H20ClN5O4S. The fourth-order valence-corrected chi connectivity index (χ4v) is 5.47. The van der Waals surface area contributed by atoms with Crippen molar-refractivity contribution in [2.45, 2.75) is 5.16 Å². The molecule has 5 rings (SSSR count). The van der Waals surface area contributed by atoms with Crippen LogP contribution in [0.5, 0.6) is 0 Å². The Hall–Kier alpha value is -3.47. The number of hydrogen-bond acceptors (Lipinski definition) is 5.